The smallest absolute Gasteiger partial charge is 0.319 e. The average molecular weight is 377 g/mol. The van der Waals surface area contributed by atoms with Gasteiger partial charge in [0.1, 0.15) is 0 Å². The van der Waals surface area contributed by atoms with Gasteiger partial charge in [-0.25, -0.2) is 4.79 Å². The molecule has 0 aromatic heterocycles. The molecule has 1 fully saturated rings. The minimum Gasteiger partial charge on any atom is -0.373 e. The number of morpholine rings is 1. The fourth-order valence-corrected chi connectivity index (χ4v) is 3.17. The van der Waals surface area contributed by atoms with Gasteiger partial charge in [0.05, 0.1) is 12.2 Å². The molecule has 0 unspecified atom stereocenters. The van der Waals surface area contributed by atoms with Crippen LogP contribution in [0.25, 0.3) is 0 Å². The highest BCUT2D eigenvalue weighted by atomic mass is 16.5. The predicted molar refractivity (Wildman–Crippen MR) is 107 cm³/mol. The van der Waals surface area contributed by atoms with E-state index in [1.54, 1.807) is 0 Å². The molecule has 1 aliphatic heterocycles. The molecule has 0 bridgehead atoms. The second-order valence-electron chi connectivity index (χ2n) is 7.44. The molecule has 3 amide bonds. The van der Waals surface area contributed by atoms with Gasteiger partial charge in [0.2, 0.25) is 5.91 Å². The van der Waals surface area contributed by atoms with Crippen molar-refractivity contribution in [2.45, 2.75) is 46.4 Å². The summed E-state index contributed by atoms with van der Waals surface area (Å²) in [5.41, 5.74) is 1.87. The summed E-state index contributed by atoms with van der Waals surface area (Å²) < 4.78 is 5.78. The van der Waals surface area contributed by atoms with E-state index in [4.69, 9.17) is 4.74 Å². The first-order chi connectivity index (χ1) is 12.8. The van der Waals surface area contributed by atoms with Crippen molar-refractivity contribution < 1.29 is 14.3 Å². The van der Waals surface area contributed by atoms with E-state index in [0.717, 1.165) is 30.9 Å². The van der Waals surface area contributed by atoms with Crippen molar-refractivity contribution >= 4 is 17.6 Å². The minimum absolute atomic E-state index is 0.0171. The van der Waals surface area contributed by atoms with Crippen LogP contribution in [0.2, 0.25) is 0 Å². The second-order valence-corrected chi connectivity index (χ2v) is 7.44. The SMILES string of the molecule is CC(C)C(=O)NCCNC(=O)Nc1ccccc1CN1C[C@@H](C)O[C@@H](C)C1. The molecule has 7 nitrogen and oxygen atoms in total. The lowest BCUT2D eigenvalue weighted by molar-refractivity contribution is -0.123. The highest BCUT2D eigenvalue weighted by Crippen LogP contribution is 2.20. The van der Waals surface area contributed by atoms with Gasteiger partial charge in [-0.15, -0.1) is 0 Å². The van der Waals surface area contributed by atoms with Gasteiger partial charge in [-0.1, -0.05) is 32.0 Å². The lowest BCUT2D eigenvalue weighted by atomic mass is 10.1. The summed E-state index contributed by atoms with van der Waals surface area (Å²) in [6, 6.07) is 7.55. The fraction of sp³-hybridized carbons (Fsp3) is 0.600. The van der Waals surface area contributed by atoms with E-state index >= 15 is 0 Å². The normalized spacial score (nSPS) is 20.3. The van der Waals surface area contributed by atoms with Gasteiger partial charge in [-0.3, -0.25) is 9.69 Å². The van der Waals surface area contributed by atoms with Crippen LogP contribution in [-0.2, 0) is 16.1 Å². The third-order valence-electron chi connectivity index (χ3n) is 4.39. The first-order valence-corrected chi connectivity index (χ1v) is 9.63. The molecule has 0 radical (unpaired) electrons. The first-order valence-electron chi connectivity index (χ1n) is 9.63. The molecule has 150 valence electrons. The fourth-order valence-electron chi connectivity index (χ4n) is 3.17. The van der Waals surface area contributed by atoms with Crippen LogP contribution in [-0.4, -0.2) is 55.2 Å². The summed E-state index contributed by atoms with van der Waals surface area (Å²) >= 11 is 0. The summed E-state index contributed by atoms with van der Waals surface area (Å²) in [4.78, 5) is 26.0. The molecule has 2 atom stereocenters. The molecule has 1 aromatic rings. The maximum absolute atomic E-state index is 12.2. The Morgan fingerprint density at radius 1 is 1.11 bits per heavy atom. The van der Waals surface area contributed by atoms with Crippen molar-refractivity contribution in [1.82, 2.24) is 15.5 Å². The monoisotopic (exact) mass is 376 g/mol. The van der Waals surface area contributed by atoms with Crippen molar-refractivity contribution in [2.24, 2.45) is 5.92 Å². The molecule has 27 heavy (non-hydrogen) atoms. The van der Waals surface area contributed by atoms with Crippen molar-refractivity contribution in [2.75, 3.05) is 31.5 Å². The number of para-hydroxylation sites is 1. The number of hydrogen-bond donors (Lipinski definition) is 3. The van der Waals surface area contributed by atoms with E-state index < -0.39 is 0 Å². The van der Waals surface area contributed by atoms with Gasteiger partial charge in [0.15, 0.2) is 0 Å². The van der Waals surface area contributed by atoms with E-state index in [0.29, 0.717) is 13.1 Å². The summed E-state index contributed by atoms with van der Waals surface area (Å²) in [6.45, 7) is 11.1. The van der Waals surface area contributed by atoms with Crippen LogP contribution >= 0.6 is 0 Å². The van der Waals surface area contributed by atoms with Crippen LogP contribution in [0.15, 0.2) is 24.3 Å². The molecule has 1 saturated heterocycles. The molecular weight excluding hydrogens is 344 g/mol. The van der Waals surface area contributed by atoms with E-state index in [2.05, 4.69) is 34.7 Å². The molecule has 1 aromatic carbocycles. The van der Waals surface area contributed by atoms with E-state index in [1.807, 2.05) is 38.1 Å². The topological polar surface area (TPSA) is 82.7 Å². The highest BCUT2D eigenvalue weighted by molar-refractivity contribution is 5.90. The second kappa shape index (κ2) is 10.3. The Morgan fingerprint density at radius 2 is 1.74 bits per heavy atom. The number of nitrogens with one attached hydrogen (secondary N) is 3. The number of anilines is 1. The molecule has 3 N–H and O–H groups in total. The van der Waals surface area contributed by atoms with Crippen molar-refractivity contribution in [3.63, 3.8) is 0 Å². The Bertz CT molecular complexity index is 625. The Morgan fingerprint density at radius 3 is 2.41 bits per heavy atom. The Hall–Kier alpha value is -2.12. The van der Waals surface area contributed by atoms with Crippen LogP contribution in [0, 0.1) is 5.92 Å². The summed E-state index contributed by atoms with van der Waals surface area (Å²) in [7, 11) is 0. The summed E-state index contributed by atoms with van der Waals surface area (Å²) in [5, 5.41) is 8.46. The first kappa shape index (κ1) is 21.2. The van der Waals surface area contributed by atoms with Gasteiger partial charge in [0.25, 0.3) is 0 Å². The Labute approximate surface area is 161 Å². The van der Waals surface area contributed by atoms with E-state index in [-0.39, 0.29) is 30.1 Å². The lowest BCUT2D eigenvalue weighted by Gasteiger charge is -2.35. The van der Waals surface area contributed by atoms with Crippen LogP contribution in [0.5, 0.6) is 0 Å². The standard InChI is InChI=1S/C20H32N4O3/c1-14(2)19(25)21-9-10-22-20(26)23-18-8-6-5-7-17(18)13-24-11-15(3)27-16(4)12-24/h5-8,14-16H,9-13H2,1-4H3,(H,21,25)(H2,22,23,26)/t15-,16+. The number of benzene rings is 1. The largest absolute Gasteiger partial charge is 0.373 e. The van der Waals surface area contributed by atoms with Gasteiger partial charge in [-0.05, 0) is 25.5 Å². The van der Waals surface area contributed by atoms with Gasteiger partial charge >= 0.3 is 6.03 Å². The number of carbonyl (C=O) groups excluding carboxylic acids is 2. The van der Waals surface area contributed by atoms with Crippen LogP contribution in [0.4, 0.5) is 10.5 Å². The zero-order valence-corrected chi connectivity index (χ0v) is 16.7. The molecule has 1 heterocycles. The maximum atomic E-state index is 12.2. The molecule has 1 aliphatic rings. The number of urea groups is 1. The molecule has 0 saturated carbocycles. The van der Waals surface area contributed by atoms with E-state index in [9.17, 15) is 9.59 Å². The third kappa shape index (κ3) is 7.19. The van der Waals surface area contributed by atoms with Crippen molar-refractivity contribution in [3.8, 4) is 0 Å². The number of amides is 3. The zero-order chi connectivity index (χ0) is 19.8. The quantitative estimate of drug-likeness (QED) is 0.637. The van der Waals surface area contributed by atoms with Crippen molar-refractivity contribution in [3.05, 3.63) is 29.8 Å². The number of nitrogens with zero attached hydrogens (tertiary/aromatic N) is 1. The summed E-state index contributed by atoms with van der Waals surface area (Å²) in [6.07, 6.45) is 0.413. The zero-order valence-electron chi connectivity index (χ0n) is 16.7. The maximum Gasteiger partial charge on any atom is 0.319 e. The average Bonchev–Trinajstić information content (AvgIpc) is 2.59. The van der Waals surface area contributed by atoms with Gasteiger partial charge in [-0.2, -0.15) is 0 Å². The van der Waals surface area contributed by atoms with Gasteiger partial charge in [0, 0.05) is 44.3 Å². The Balaban J connectivity index is 1.84. The van der Waals surface area contributed by atoms with Crippen LogP contribution < -0.4 is 16.0 Å². The number of hydrogen-bond acceptors (Lipinski definition) is 4. The number of ether oxygens (including phenoxy) is 1. The van der Waals surface area contributed by atoms with Crippen molar-refractivity contribution in [1.29, 1.82) is 0 Å². The van der Waals surface area contributed by atoms with Crippen LogP contribution in [0.1, 0.15) is 33.3 Å². The minimum atomic E-state index is -0.273. The highest BCUT2D eigenvalue weighted by Gasteiger charge is 2.22. The van der Waals surface area contributed by atoms with E-state index in [1.165, 1.54) is 0 Å². The molecule has 0 spiro atoms. The van der Waals surface area contributed by atoms with Gasteiger partial charge < -0.3 is 20.7 Å². The molecule has 2 rings (SSSR count). The lowest BCUT2D eigenvalue weighted by Crippen LogP contribution is -2.45. The predicted octanol–water partition coefficient (Wildman–Crippen LogP) is 2.19. The molecule has 7 heteroatoms. The number of rotatable bonds is 7. The Kier molecular flexibility index (Phi) is 8.06. The third-order valence-corrected chi connectivity index (χ3v) is 4.39. The molecular formula is C20H32N4O3. The van der Waals surface area contributed by atoms with Crippen LogP contribution in [0.3, 0.4) is 0 Å². The summed E-state index contributed by atoms with van der Waals surface area (Å²) in [5.74, 6) is -0.0761. The molecule has 0 aliphatic carbocycles. The number of carbonyl (C=O) groups is 2.